The molecule has 0 saturated heterocycles. The number of rotatable bonds is 13. The van der Waals surface area contributed by atoms with E-state index in [0.29, 0.717) is 52.7 Å². The van der Waals surface area contributed by atoms with Gasteiger partial charge in [-0.05, 0) is 0 Å². The number of hydrogen-bond donors (Lipinski definition) is 1. The largest absolute Gasteiger partial charge is 0.382 e. The number of aliphatic imine (C=N–C) groups is 1. The van der Waals surface area contributed by atoms with Crippen LogP contribution in [0.15, 0.2) is 10.1 Å². The van der Waals surface area contributed by atoms with Crippen LogP contribution in [0.25, 0.3) is 0 Å². The molecule has 19 heavy (non-hydrogen) atoms. The van der Waals surface area contributed by atoms with Crippen LogP contribution >= 0.6 is 0 Å². The summed E-state index contributed by atoms with van der Waals surface area (Å²) in [6.07, 6.45) is 2.27. The smallest absolute Gasteiger partial charge is 0.0801 e. The maximum absolute atomic E-state index is 5.37. The maximum Gasteiger partial charge on any atom is 0.0801 e. The van der Waals surface area contributed by atoms with Crippen LogP contribution in [0, 0.1) is 0 Å². The summed E-state index contributed by atoms with van der Waals surface area (Å²) in [5, 5.41) is 3.59. The molecule has 7 heteroatoms. The highest BCUT2D eigenvalue weighted by Crippen LogP contribution is 1.87. The van der Waals surface area contributed by atoms with Gasteiger partial charge in [-0.2, -0.15) is 5.10 Å². The highest BCUT2D eigenvalue weighted by atomic mass is 16.6. The number of hydrazone groups is 1. The van der Waals surface area contributed by atoms with Gasteiger partial charge < -0.3 is 24.8 Å². The lowest BCUT2D eigenvalue weighted by Gasteiger charge is -2.06. The second-order valence-electron chi connectivity index (χ2n) is 3.59. The molecular weight excluding hydrogens is 250 g/mol. The second kappa shape index (κ2) is 15.0. The van der Waals surface area contributed by atoms with E-state index in [1.54, 1.807) is 20.4 Å². The first kappa shape index (κ1) is 18.0. The third-order valence-corrected chi connectivity index (χ3v) is 2.12. The van der Waals surface area contributed by atoms with E-state index in [2.05, 4.69) is 10.1 Å². The molecule has 0 aromatic heterocycles. The predicted molar refractivity (Wildman–Crippen MR) is 75.0 cm³/mol. The molecule has 0 fully saturated rings. The molecule has 0 bridgehead atoms. The molecule has 0 amide bonds. The van der Waals surface area contributed by atoms with Gasteiger partial charge in [0.25, 0.3) is 0 Å². The van der Waals surface area contributed by atoms with Crippen molar-refractivity contribution in [1.29, 1.82) is 0 Å². The molecule has 0 rings (SSSR count). The van der Waals surface area contributed by atoms with Gasteiger partial charge in [-0.25, -0.2) is 0 Å². The topological polar surface area (TPSA) is 87.7 Å². The Kier molecular flexibility index (Phi) is 14.2. The van der Waals surface area contributed by atoms with E-state index in [9.17, 15) is 0 Å². The molecule has 0 heterocycles. The molecule has 0 radical (unpaired) electrons. The quantitative estimate of drug-likeness (QED) is 0.223. The first-order chi connectivity index (χ1) is 9.35. The third-order valence-electron chi connectivity index (χ3n) is 2.12. The zero-order valence-corrected chi connectivity index (χ0v) is 11.8. The van der Waals surface area contributed by atoms with Crippen LogP contribution < -0.4 is 5.84 Å². The minimum absolute atomic E-state index is 0.541. The lowest BCUT2D eigenvalue weighted by Crippen LogP contribution is -2.13. The van der Waals surface area contributed by atoms with Crippen molar-refractivity contribution >= 4 is 11.9 Å². The number of ether oxygens (including phenoxy) is 4. The van der Waals surface area contributed by atoms with Gasteiger partial charge in [0, 0.05) is 26.8 Å². The monoisotopic (exact) mass is 275 g/mol. The molecule has 0 atom stereocenters. The average Bonchev–Trinajstić information content (AvgIpc) is 2.43. The first-order valence-electron chi connectivity index (χ1n) is 6.26. The van der Waals surface area contributed by atoms with Gasteiger partial charge in [0.1, 0.15) is 0 Å². The molecule has 0 aromatic carbocycles. The fourth-order valence-electron chi connectivity index (χ4n) is 1.17. The first-order valence-corrected chi connectivity index (χ1v) is 6.26. The molecule has 0 saturated carbocycles. The number of methoxy groups -OCH3 is 1. The minimum Gasteiger partial charge on any atom is -0.382 e. The average molecular weight is 275 g/mol. The third kappa shape index (κ3) is 13.2. The number of nitrogens with zero attached hydrogens (tertiary/aromatic N) is 2. The molecule has 0 aromatic rings. The molecule has 0 unspecified atom stereocenters. The summed E-state index contributed by atoms with van der Waals surface area (Å²) in [6, 6.07) is 0. The Morgan fingerprint density at radius 2 is 1.47 bits per heavy atom. The summed E-state index contributed by atoms with van der Waals surface area (Å²) >= 11 is 0. The van der Waals surface area contributed by atoms with Crippen molar-refractivity contribution in [2.75, 3.05) is 60.4 Å². The predicted octanol–water partition coefficient (Wildman–Crippen LogP) is 0.0880. The Balaban J connectivity index is 3.19. The van der Waals surface area contributed by atoms with Gasteiger partial charge in [0.05, 0.1) is 52.0 Å². The second-order valence-corrected chi connectivity index (χ2v) is 3.59. The molecule has 2 N–H and O–H groups in total. The zero-order chi connectivity index (χ0) is 14.2. The van der Waals surface area contributed by atoms with Crippen LogP contribution in [0.4, 0.5) is 0 Å². The number of hydrogen-bond acceptors (Lipinski definition) is 7. The Hall–Kier alpha value is -1.02. The van der Waals surface area contributed by atoms with Crippen LogP contribution in [0.3, 0.4) is 0 Å². The molecule has 0 aliphatic rings. The van der Waals surface area contributed by atoms with Crippen LogP contribution in [-0.4, -0.2) is 72.3 Å². The van der Waals surface area contributed by atoms with E-state index < -0.39 is 0 Å². The van der Waals surface area contributed by atoms with E-state index in [0.717, 1.165) is 5.71 Å². The molecule has 0 aliphatic heterocycles. The Labute approximate surface area is 114 Å². The van der Waals surface area contributed by atoms with Crippen LogP contribution in [0.5, 0.6) is 0 Å². The van der Waals surface area contributed by atoms with Crippen molar-refractivity contribution in [3.8, 4) is 0 Å². The highest BCUT2D eigenvalue weighted by Gasteiger charge is 1.96. The van der Waals surface area contributed by atoms with Crippen molar-refractivity contribution in [2.45, 2.75) is 6.42 Å². The summed E-state index contributed by atoms with van der Waals surface area (Å²) < 4.78 is 20.8. The summed E-state index contributed by atoms with van der Waals surface area (Å²) in [7, 11) is 3.32. The molecule has 0 aliphatic carbocycles. The normalized spacial score (nSPS) is 12.4. The van der Waals surface area contributed by atoms with Crippen molar-refractivity contribution in [2.24, 2.45) is 15.9 Å². The van der Waals surface area contributed by atoms with Gasteiger partial charge in [-0.1, -0.05) is 0 Å². The Bertz CT molecular complexity index is 247. The fourth-order valence-corrected chi connectivity index (χ4v) is 1.17. The fraction of sp³-hybridized carbons (Fsp3) is 0.833. The van der Waals surface area contributed by atoms with Crippen molar-refractivity contribution in [1.82, 2.24) is 0 Å². The van der Waals surface area contributed by atoms with E-state index in [1.165, 1.54) is 0 Å². The Morgan fingerprint density at radius 1 is 0.947 bits per heavy atom. The van der Waals surface area contributed by atoms with Gasteiger partial charge in [-0.3, -0.25) is 4.99 Å². The summed E-state index contributed by atoms with van der Waals surface area (Å²) in [6.45, 7) is 3.97. The van der Waals surface area contributed by atoms with Gasteiger partial charge in [0.15, 0.2) is 0 Å². The van der Waals surface area contributed by atoms with Crippen molar-refractivity contribution < 1.29 is 18.9 Å². The lowest BCUT2D eigenvalue weighted by atomic mass is 10.3. The maximum atomic E-state index is 5.37. The Morgan fingerprint density at radius 3 is 1.95 bits per heavy atom. The van der Waals surface area contributed by atoms with Crippen molar-refractivity contribution in [3.05, 3.63) is 0 Å². The molecule has 0 spiro atoms. The number of nitrogens with two attached hydrogens (primary N) is 1. The van der Waals surface area contributed by atoms with E-state index >= 15 is 0 Å². The SMILES string of the molecule is CN=C/C(CCOCCOCCOCCOC)=N\N. The van der Waals surface area contributed by atoms with Crippen LogP contribution in [-0.2, 0) is 18.9 Å². The standard InChI is InChI=1S/C12H25N3O4/c1-14-11-12(15-13)3-4-17-7-8-19-10-9-18-6-5-16-2/h11H,3-10,13H2,1-2H3/b14-11?,15-12-. The van der Waals surface area contributed by atoms with E-state index in [-0.39, 0.29) is 0 Å². The van der Waals surface area contributed by atoms with Gasteiger partial charge >= 0.3 is 0 Å². The van der Waals surface area contributed by atoms with Gasteiger partial charge in [0.2, 0.25) is 0 Å². The highest BCUT2D eigenvalue weighted by molar-refractivity contribution is 6.30. The van der Waals surface area contributed by atoms with Crippen molar-refractivity contribution in [3.63, 3.8) is 0 Å². The van der Waals surface area contributed by atoms with Crippen LogP contribution in [0.2, 0.25) is 0 Å². The summed E-state index contributed by atoms with van der Waals surface area (Å²) in [4.78, 5) is 3.84. The zero-order valence-electron chi connectivity index (χ0n) is 11.8. The van der Waals surface area contributed by atoms with Gasteiger partial charge in [-0.15, -0.1) is 0 Å². The summed E-state index contributed by atoms with van der Waals surface area (Å²) in [5.74, 6) is 5.18. The minimum atomic E-state index is 0.541. The molecule has 112 valence electrons. The van der Waals surface area contributed by atoms with E-state index in [1.807, 2.05) is 0 Å². The van der Waals surface area contributed by atoms with Crippen LogP contribution in [0.1, 0.15) is 6.42 Å². The van der Waals surface area contributed by atoms with E-state index in [4.69, 9.17) is 24.8 Å². The molecule has 7 nitrogen and oxygen atoms in total. The summed E-state index contributed by atoms with van der Waals surface area (Å²) in [5.41, 5.74) is 0.718. The molecular formula is C12H25N3O4. The lowest BCUT2D eigenvalue weighted by molar-refractivity contribution is 0.00458.